The smallest absolute Gasteiger partial charge is 0.195 e. The van der Waals surface area contributed by atoms with Crippen molar-refractivity contribution in [3.05, 3.63) is 59.9 Å². The molecule has 0 saturated carbocycles. The van der Waals surface area contributed by atoms with Crippen molar-refractivity contribution in [3.8, 4) is 17.2 Å². The highest BCUT2D eigenvalue weighted by molar-refractivity contribution is 7.99. The minimum absolute atomic E-state index is 0.614. The Morgan fingerprint density at radius 1 is 0.885 bits per heavy atom. The zero-order chi connectivity index (χ0) is 18.4. The number of benzene rings is 2. The molecule has 0 aliphatic heterocycles. The Morgan fingerprint density at radius 3 is 2.23 bits per heavy atom. The Labute approximate surface area is 158 Å². The van der Waals surface area contributed by atoms with Gasteiger partial charge in [0.05, 0.1) is 13.2 Å². The molecule has 1 heterocycles. The van der Waals surface area contributed by atoms with E-state index in [4.69, 9.17) is 9.47 Å². The predicted molar refractivity (Wildman–Crippen MR) is 105 cm³/mol. The number of hydrogen-bond acceptors (Lipinski definition) is 5. The lowest BCUT2D eigenvalue weighted by molar-refractivity contribution is 0.340. The predicted octanol–water partition coefficient (Wildman–Crippen LogP) is 4.45. The molecule has 0 atom stereocenters. The summed E-state index contributed by atoms with van der Waals surface area (Å²) in [6.07, 6.45) is 0. The monoisotopic (exact) mass is 369 g/mol. The van der Waals surface area contributed by atoms with Crippen molar-refractivity contribution >= 4 is 11.8 Å². The van der Waals surface area contributed by atoms with Gasteiger partial charge in [0, 0.05) is 11.4 Å². The van der Waals surface area contributed by atoms with Crippen LogP contribution in [-0.2, 0) is 0 Å². The zero-order valence-electron chi connectivity index (χ0n) is 15.3. The summed E-state index contributed by atoms with van der Waals surface area (Å²) in [6, 6.07) is 16.1. The third-order valence-electron chi connectivity index (χ3n) is 3.81. The molecular formula is C20H23N3O2S. The van der Waals surface area contributed by atoms with Gasteiger partial charge in [-0.3, -0.25) is 4.57 Å². The number of ether oxygens (including phenoxy) is 2. The number of nitrogens with zero attached hydrogens (tertiary/aromatic N) is 3. The average Bonchev–Trinajstić information content (AvgIpc) is 3.02. The maximum absolute atomic E-state index is 5.78. The van der Waals surface area contributed by atoms with Crippen LogP contribution in [0, 0.1) is 13.8 Å². The Balaban J connectivity index is 1.61. The molecule has 0 fully saturated rings. The molecule has 0 N–H and O–H groups in total. The van der Waals surface area contributed by atoms with Gasteiger partial charge in [0.1, 0.15) is 17.3 Å². The lowest BCUT2D eigenvalue weighted by atomic mass is 10.2. The Morgan fingerprint density at radius 2 is 1.54 bits per heavy atom. The fourth-order valence-corrected chi connectivity index (χ4v) is 3.33. The largest absolute Gasteiger partial charge is 0.494 e. The van der Waals surface area contributed by atoms with E-state index in [2.05, 4.69) is 17.1 Å². The van der Waals surface area contributed by atoms with Crippen LogP contribution in [-0.4, -0.2) is 33.7 Å². The van der Waals surface area contributed by atoms with E-state index in [0.717, 1.165) is 33.9 Å². The molecule has 26 heavy (non-hydrogen) atoms. The highest BCUT2D eigenvalue weighted by Crippen LogP contribution is 2.23. The molecule has 0 aliphatic carbocycles. The average molecular weight is 369 g/mol. The molecule has 0 bridgehead atoms. The van der Waals surface area contributed by atoms with Crippen LogP contribution in [0.4, 0.5) is 0 Å². The summed E-state index contributed by atoms with van der Waals surface area (Å²) in [5, 5.41) is 9.37. The van der Waals surface area contributed by atoms with Crippen molar-refractivity contribution in [2.45, 2.75) is 25.9 Å². The van der Waals surface area contributed by atoms with Gasteiger partial charge in [-0.1, -0.05) is 29.5 Å². The normalized spacial score (nSPS) is 10.7. The van der Waals surface area contributed by atoms with Crippen LogP contribution < -0.4 is 9.47 Å². The van der Waals surface area contributed by atoms with E-state index < -0.39 is 0 Å². The van der Waals surface area contributed by atoms with E-state index in [-0.39, 0.29) is 0 Å². The van der Waals surface area contributed by atoms with Gasteiger partial charge in [-0.05, 0) is 57.2 Å². The van der Waals surface area contributed by atoms with E-state index in [9.17, 15) is 0 Å². The van der Waals surface area contributed by atoms with Gasteiger partial charge >= 0.3 is 0 Å². The third-order valence-corrected chi connectivity index (χ3v) is 4.70. The van der Waals surface area contributed by atoms with Crippen LogP contribution in [0.15, 0.2) is 53.7 Å². The number of aromatic nitrogens is 3. The molecule has 0 unspecified atom stereocenters. The summed E-state index contributed by atoms with van der Waals surface area (Å²) in [7, 11) is 0. The first-order chi connectivity index (χ1) is 12.7. The molecule has 0 radical (unpaired) electrons. The molecule has 6 heteroatoms. The van der Waals surface area contributed by atoms with E-state index in [1.54, 1.807) is 11.8 Å². The van der Waals surface area contributed by atoms with Gasteiger partial charge in [0.2, 0.25) is 0 Å². The van der Waals surface area contributed by atoms with Gasteiger partial charge in [0.25, 0.3) is 0 Å². The lowest BCUT2D eigenvalue weighted by Gasteiger charge is -2.10. The third kappa shape index (κ3) is 4.58. The first-order valence-electron chi connectivity index (χ1n) is 8.65. The fraction of sp³-hybridized carbons (Fsp3) is 0.300. The topological polar surface area (TPSA) is 49.2 Å². The van der Waals surface area contributed by atoms with Crippen molar-refractivity contribution in [1.29, 1.82) is 0 Å². The van der Waals surface area contributed by atoms with Crippen molar-refractivity contribution in [3.63, 3.8) is 0 Å². The first kappa shape index (κ1) is 18.3. The zero-order valence-corrected chi connectivity index (χ0v) is 16.1. The Hall–Kier alpha value is -2.47. The van der Waals surface area contributed by atoms with Crippen molar-refractivity contribution in [2.75, 3.05) is 19.0 Å². The highest BCUT2D eigenvalue weighted by Gasteiger charge is 2.11. The van der Waals surface area contributed by atoms with Crippen LogP contribution in [0.2, 0.25) is 0 Å². The molecule has 2 aromatic carbocycles. The first-order valence-corrected chi connectivity index (χ1v) is 9.63. The highest BCUT2D eigenvalue weighted by atomic mass is 32.2. The van der Waals surface area contributed by atoms with Gasteiger partial charge in [0.15, 0.2) is 5.16 Å². The van der Waals surface area contributed by atoms with E-state index in [1.165, 1.54) is 5.56 Å². The minimum atomic E-state index is 0.614. The molecule has 136 valence electrons. The second-order valence-corrected chi connectivity index (χ2v) is 6.86. The Kier molecular flexibility index (Phi) is 6.17. The van der Waals surface area contributed by atoms with E-state index in [1.807, 2.05) is 66.9 Å². The molecular weight excluding hydrogens is 346 g/mol. The number of thioether (sulfide) groups is 1. The second kappa shape index (κ2) is 8.76. The minimum Gasteiger partial charge on any atom is -0.494 e. The molecule has 0 spiro atoms. The van der Waals surface area contributed by atoms with Gasteiger partial charge in [-0.15, -0.1) is 10.2 Å². The van der Waals surface area contributed by atoms with Crippen molar-refractivity contribution in [1.82, 2.24) is 14.8 Å². The quantitative estimate of drug-likeness (QED) is 0.434. The summed E-state index contributed by atoms with van der Waals surface area (Å²) >= 11 is 1.63. The Bertz CT molecular complexity index is 829. The van der Waals surface area contributed by atoms with E-state index in [0.29, 0.717) is 13.2 Å². The molecule has 3 rings (SSSR count). The standard InChI is InChI=1S/C20H23N3O2S/c1-4-24-18-11-7-17(8-12-18)23-16(3)21-22-20(23)26-14-13-25-19-9-5-15(2)6-10-19/h5-12H,4,13-14H2,1-3H3. The molecule has 0 saturated heterocycles. The maximum atomic E-state index is 5.78. The van der Waals surface area contributed by atoms with Gasteiger partial charge in [-0.2, -0.15) is 0 Å². The van der Waals surface area contributed by atoms with Crippen LogP contribution in [0.5, 0.6) is 11.5 Å². The fourth-order valence-electron chi connectivity index (χ4n) is 2.52. The maximum Gasteiger partial charge on any atom is 0.195 e. The lowest BCUT2D eigenvalue weighted by Crippen LogP contribution is -2.03. The molecule has 3 aromatic rings. The van der Waals surface area contributed by atoms with Crippen LogP contribution in [0.3, 0.4) is 0 Å². The summed E-state index contributed by atoms with van der Waals surface area (Å²) in [6.45, 7) is 7.27. The molecule has 0 amide bonds. The van der Waals surface area contributed by atoms with Crippen molar-refractivity contribution in [2.24, 2.45) is 0 Å². The van der Waals surface area contributed by atoms with Crippen LogP contribution >= 0.6 is 11.8 Å². The number of hydrogen-bond donors (Lipinski definition) is 0. The second-order valence-electron chi connectivity index (χ2n) is 5.80. The molecule has 1 aromatic heterocycles. The summed E-state index contributed by atoms with van der Waals surface area (Å²) in [5.74, 6) is 3.41. The van der Waals surface area contributed by atoms with Crippen LogP contribution in [0.1, 0.15) is 18.3 Å². The number of rotatable bonds is 8. The van der Waals surface area contributed by atoms with Gasteiger partial charge < -0.3 is 9.47 Å². The van der Waals surface area contributed by atoms with Gasteiger partial charge in [-0.25, -0.2) is 0 Å². The van der Waals surface area contributed by atoms with Crippen LogP contribution in [0.25, 0.3) is 5.69 Å². The molecule has 0 aliphatic rings. The summed E-state index contributed by atoms with van der Waals surface area (Å²) in [5.41, 5.74) is 2.25. The molecule has 5 nitrogen and oxygen atoms in total. The SMILES string of the molecule is CCOc1ccc(-n2c(C)nnc2SCCOc2ccc(C)cc2)cc1. The van der Waals surface area contributed by atoms with E-state index >= 15 is 0 Å². The number of aryl methyl sites for hydroxylation is 2. The van der Waals surface area contributed by atoms with Crippen molar-refractivity contribution < 1.29 is 9.47 Å². The summed E-state index contributed by atoms with van der Waals surface area (Å²) in [4.78, 5) is 0. The summed E-state index contributed by atoms with van der Waals surface area (Å²) < 4.78 is 13.3.